The van der Waals surface area contributed by atoms with E-state index in [9.17, 15) is 0 Å². The first-order valence-corrected chi connectivity index (χ1v) is 5.12. The molecular weight excluding hydrogens is 167 g/mol. The lowest BCUT2D eigenvalue weighted by molar-refractivity contribution is 0.000178. The van der Waals surface area contributed by atoms with Crippen LogP contribution in [0.4, 0.5) is 0 Å². The maximum atomic E-state index is 9.03. The van der Waals surface area contributed by atoms with E-state index >= 15 is 0 Å². The van der Waals surface area contributed by atoms with Gasteiger partial charge < -0.3 is 14.8 Å². The van der Waals surface area contributed by atoms with E-state index in [1.807, 2.05) is 6.92 Å². The van der Waals surface area contributed by atoms with Crippen LogP contribution in [0, 0.1) is 5.92 Å². The van der Waals surface area contributed by atoms with Crippen molar-refractivity contribution in [2.45, 2.75) is 45.0 Å². The molecule has 1 aliphatic rings. The van der Waals surface area contributed by atoms with Gasteiger partial charge in [0.25, 0.3) is 0 Å². The van der Waals surface area contributed by atoms with Crippen molar-refractivity contribution >= 4 is 7.12 Å². The summed E-state index contributed by atoms with van der Waals surface area (Å²) in [4.78, 5) is 0. The molecule has 0 aromatic rings. The highest BCUT2D eigenvalue weighted by atomic mass is 16.5. The number of rotatable bonds is 3. The molecule has 76 valence electrons. The summed E-state index contributed by atoms with van der Waals surface area (Å²) in [5.41, 5.74) is 0. The molecule has 13 heavy (non-hydrogen) atoms. The fourth-order valence-corrected chi connectivity index (χ4v) is 2.14. The Kier molecular flexibility index (Phi) is 4.23. The third-order valence-electron chi connectivity index (χ3n) is 2.93. The maximum absolute atomic E-state index is 9.03. The van der Waals surface area contributed by atoms with Gasteiger partial charge in [0.2, 0.25) is 0 Å². The summed E-state index contributed by atoms with van der Waals surface area (Å²) < 4.78 is 5.56. The van der Waals surface area contributed by atoms with E-state index in [4.69, 9.17) is 14.8 Å². The summed E-state index contributed by atoms with van der Waals surface area (Å²) in [6.45, 7) is 4.87. The van der Waals surface area contributed by atoms with Crippen LogP contribution in [-0.2, 0) is 4.74 Å². The van der Waals surface area contributed by atoms with E-state index in [1.165, 1.54) is 0 Å². The van der Waals surface area contributed by atoms with Gasteiger partial charge in [-0.1, -0.05) is 6.92 Å². The van der Waals surface area contributed by atoms with Crippen molar-refractivity contribution in [1.29, 1.82) is 0 Å². The van der Waals surface area contributed by atoms with Gasteiger partial charge in [0.1, 0.15) is 0 Å². The first-order chi connectivity index (χ1) is 6.15. The van der Waals surface area contributed by atoms with Crippen molar-refractivity contribution in [1.82, 2.24) is 0 Å². The standard InChI is InChI=1S/C9H19BO3/c1-3-13-9-5-4-8(10(11)12)6-7(9)2/h7-9,11-12H,3-6H2,1-2H3. The number of ether oxygens (including phenoxy) is 1. The molecule has 3 unspecified atom stereocenters. The maximum Gasteiger partial charge on any atom is 0.454 e. The molecule has 1 fully saturated rings. The van der Waals surface area contributed by atoms with Gasteiger partial charge in [-0.2, -0.15) is 0 Å². The molecule has 0 saturated heterocycles. The van der Waals surface area contributed by atoms with E-state index in [0.717, 1.165) is 25.9 Å². The highest BCUT2D eigenvalue weighted by Crippen LogP contribution is 2.35. The zero-order chi connectivity index (χ0) is 9.84. The molecule has 0 heterocycles. The molecule has 0 amide bonds. The Morgan fingerprint density at radius 1 is 1.38 bits per heavy atom. The fourth-order valence-electron chi connectivity index (χ4n) is 2.14. The average molecular weight is 186 g/mol. The summed E-state index contributed by atoms with van der Waals surface area (Å²) >= 11 is 0. The Morgan fingerprint density at radius 3 is 2.54 bits per heavy atom. The van der Waals surface area contributed by atoms with Crippen LogP contribution in [0.1, 0.15) is 33.1 Å². The van der Waals surface area contributed by atoms with E-state index < -0.39 is 7.12 Å². The molecule has 0 bridgehead atoms. The van der Waals surface area contributed by atoms with Gasteiger partial charge in [-0.25, -0.2) is 0 Å². The van der Waals surface area contributed by atoms with Crippen molar-refractivity contribution in [2.75, 3.05) is 6.61 Å². The summed E-state index contributed by atoms with van der Waals surface area (Å²) in [6, 6.07) is 0. The molecule has 4 heteroatoms. The van der Waals surface area contributed by atoms with E-state index in [0.29, 0.717) is 12.0 Å². The molecule has 0 aliphatic heterocycles. The lowest BCUT2D eigenvalue weighted by Gasteiger charge is -2.33. The monoisotopic (exact) mass is 186 g/mol. The normalized spacial score (nSPS) is 34.6. The van der Waals surface area contributed by atoms with Crippen LogP contribution in [0.25, 0.3) is 0 Å². The average Bonchev–Trinajstić information content (AvgIpc) is 2.08. The molecular formula is C9H19BO3. The molecule has 0 aromatic carbocycles. The van der Waals surface area contributed by atoms with Crippen molar-refractivity contribution in [3.8, 4) is 0 Å². The van der Waals surface area contributed by atoms with Crippen molar-refractivity contribution in [3.63, 3.8) is 0 Å². The lowest BCUT2D eigenvalue weighted by atomic mass is 9.62. The zero-order valence-corrected chi connectivity index (χ0v) is 8.44. The van der Waals surface area contributed by atoms with Crippen LogP contribution in [0.15, 0.2) is 0 Å². The van der Waals surface area contributed by atoms with Crippen molar-refractivity contribution in [3.05, 3.63) is 0 Å². The first-order valence-electron chi connectivity index (χ1n) is 5.12. The molecule has 0 spiro atoms. The Bertz CT molecular complexity index is 152. The van der Waals surface area contributed by atoms with Gasteiger partial charge in [0.15, 0.2) is 0 Å². The Labute approximate surface area is 80.2 Å². The van der Waals surface area contributed by atoms with Crippen molar-refractivity contribution < 1.29 is 14.8 Å². The minimum Gasteiger partial charge on any atom is -0.427 e. The summed E-state index contributed by atoms with van der Waals surface area (Å²) in [5, 5.41) is 18.1. The molecule has 2 N–H and O–H groups in total. The third-order valence-corrected chi connectivity index (χ3v) is 2.93. The topological polar surface area (TPSA) is 49.7 Å². The number of hydrogen-bond donors (Lipinski definition) is 2. The highest BCUT2D eigenvalue weighted by Gasteiger charge is 2.33. The van der Waals surface area contributed by atoms with Gasteiger partial charge in [0, 0.05) is 6.61 Å². The van der Waals surface area contributed by atoms with Gasteiger partial charge >= 0.3 is 7.12 Å². The molecule has 0 radical (unpaired) electrons. The quantitative estimate of drug-likeness (QED) is 0.647. The molecule has 3 atom stereocenters. The second-order valence-corrected chi connectivity index (χ2v) is 3.96. The Hall–Kier alpha value is -0.0551. The second kappa shape index (κ2) is 4.98. The van der Waals surface area contributed by atoms with Gasteiger partial charge in [0.05, 0.1) is 6.10 Å². The minimum absolute atomic E-state index is 0.0479. The van der Waals surface area contributed by atoms with Crippen LogP contribution < -0.4 is 0 Å². The highest BCUT2D eigenvalue weighted by molar-refractivity contribution is 6.43. The third kappa shape index (κ3) is 2.97. The van der Waals surface area contributed by atoms with Crippen LogP contribution >= 0.6 is 0 Å². The lowest BCUT2D eigenvalue weighted by Crippen LogP contribution is -2.33. The summed E-state index contributed by atoms with van der Waals surface area (Å²) in [6.07, 6.45) is 3.01. The number of hydrogen-bond acceptors (Lipinski definition) is 3. The van der Waals surface area contributed by atoms with Crippen LogP contribution in [0.5, 0.6) is 0 Å². The summed E-state index contributed by atoms with van der Waals surface area (Å²) in [7, 11) is -1.15. The summed E-state index contributed by atoms with van der Waals surface area (Å²) in [5.74, 6) is 0.493. The SMILES string of the molecule is CCOC1CCC(B(O)O)CC1C. The van der Waals surface area contributed by atoms with Crippen LogP contribution in [0.2, 0.25) is 5.82 Å². The van der Waals surface area contributed by atoms with Gasteiger partial charge in [-0.15, -0.1) is 0 Å². The van der Waals surface area contributed by atoms with E-state index in [2.05, 4.69) is 6.92 Å². The molecule has 1 aliphatic carbocycles. The fraction of sp³-hybridized carbons (Fsp3) is 1.00. The first kappa shape index (κ1) is 11.0. The second-order valence-electron chi connectivity index (χ2n) is 3.96. The molecule has 3 nitrogen and oxygen atoms in total. The van der Waals surface area contributed by atoms with Gasteiger partial charge in [-0.3, -0.25) is 0 Å². The largest absolute Gasteiger partial charge is 0.454 e. The zero-order valence-electron chi connectivity index (χ0n) is 8.44. The van der Waals surface area contributed by atoms with E-state index in [1.54, 1.807) is 0 Å². The van der Waals surface area contributed by atoms with E-state index in [-0.39, 0.29) is 5.82 Å². The molecule has 1 saturated carbocycles. The molecule has 1 rings (SSSR count). The predicted molar refractivity (Wildman–Crippen MR) is 52.4 cm³/mol. The van der Waals surface area contributed by atoms with Crippen LogP contribution in [0.3, 0.4) is 0 Å². The van der Waals surface area contributed by atoms with Crippen molar-refractivity contribution in [2.24, 2.45) is 5.92 Å². The Morgan fingerprint density at radius 2 is 2.08 bits per heavy atom. The van der Waals surface area contributed by atoms with Crippen LogP contribution in [-0.4, -0.2) is 29.9 Å². The minimum atomic E-state index is -1.15. The Balaban J connectivity index is 2.37. The molecule has 0 aromatic heterocycles. The smallest absolute Gasteiger partial charge is 0.427 e. The predicted octanol–water partition coefficient (Wildman–Crippen LogP) is 1.05. The van der Waals surface area contributed by atoms with Gasteiger partial charge in [-0.05, 0) is 37.9 Å².